The predicted molar refractivity (Wildman–Crippen MR) is 95.7 cm³/mol. The van der Waals surface area contributed by atoms with E-state index in [1.165, 1.54) is 24.3 Å². The molecule has 0 bridgehead atoms. The van der Waals surface area contributed by atoms with Gasteiger partial charge in [-0.3, -0.25) is 19.7 Å². The lowest BCUT2D eigenvalue weighted by Crippen LogP contribution is -2.30. The van der Waals surface area contributed by atoms with Gasteiger partial charge < -0.3 is 10.1 Å². The molecule has 0 aromatic heterocycles. The van der Waals surface area contributed by atoms with Gasteiger partial charge in [0.2, 0.25) is 0 Å². The average molecular weight is 356 g/mol. The Balaban J connectivity index is 2.23. The summed E-state index contributed by atoms with van der Waals surface area (Å²) in [4.78, 5) is 34.7. The summed E-state index contributed by atoms with van der Waals surface area (Å²) in [6.45, 7) is 3.89. The summed E-state index contributed by atoms with van der Waals surface area (Å²) in [6.07, 6.45) is -0.0302. The van der Waals surface area contributed by atoms with Crippen LogP contribution in [0.2, 0.25) is 0 Å². The molecule has 0 heterocycles. The third-order valence-electron chi connectivity index (χ3n) is 3.78. The first-order valence-corrected chi connectivity index (χ1v) is 8.18. The van der Waals surface area contributed by atoms with Gasteiger partial charge in [0.25, 0.3) is 11.6 Å². The van der Waals surface area contributed by atoms with E-state index < -0.39 is 22.8 Å². The molecule has 0 aliphatic heterocycles. The Morgan fingerprint density at radius 3 is 2.50 bits per heavy atom. The van der Waals surface area contributed by atoms with Crippen molar-refractivity contribution in [1.82, 2.24) is 5.32 Å². The Hall–Kier alpha value is -3.22. The third-order valence-corrected chi connectivity index (χ3v) is 3.78. The lowest BCUT2D eigenvalue weighted by molar-refractivity contribution is -0.384. The lowest BCUT2D eigenvalue weighted by atomic mass is 10.0. The van der Waals surface area contributed by atoms with Crippen molar-refractivity contribution in [3.05, 3.63) is 75.3 Å². The molecule has 0 aliphatic carbocycles. The van der Waals surface area contributed by atoms with Crippen LogP contribution in [0.1, 0.15) is 40.9 Å². The molecule has 1 N–H and O–H groups in total. The normalized spacial score (nSPS) is 11.5. The van der Waals surface area contributed by atoms with Crippen molar-refractivity contribution in [2.45, 2.75) is 26.3 Å². The number of benzene rings is 2. The smallest absolute Gasteiger partial charge is 0.308 e. The molecule has 0 spiro atoms. The second-order valence-corrected chi connectivity index (χ2v) is 5.75. The molecule has 1 amide bonds. The highest BCUT2D eigenvalue weighted by atomic mass is 16.6. The third kappa shape index (κ3) is 5.14. The van der Waals surface area contributed by atoms with Crippen molar-refractivity contribution in [3.8, 4) is 0 Å². The maximum atomic E-state index is 12.5. The van der Waals surface area contributed by atoms with Gasteiger partial charge in [0.1, 0.15) is 0 Å². The minimum absolute atomic E-state index is 0.0302. The first-order chi connectivity index (χ1) is 12.4. The molecule has 0 radical (unpaired) electrons. The standard InChI is InChI=1S/C19H20N2O5/c1-3-26-18(22)12-17(14-9-7-13(2)8-10-14)20-19(23)15-5-4-6-16(11-15)21(24)25/h4-11,17H,3,12H2,1-2H3,(H,20,23)/t17-/m1/s1. The average Bonchev–Trinajstić information content (AvgIpc) is 2.62. The van der Waals surface area contributed by atoms with Crippen LogP contribution in [-0.2, 0) is 9.53 Å². The number of ether oxygens (including phenoxy) is 1. The number of nitrogens with one attached hydrogen (secondary N) is 1. The van der Waals surface area contributed by atoms with Crippen LogP contribution in [0, 0.1) is 17.0 Å². The molecule has 0 unspecified atom stereocenters. The number of esters is 1. The number of nitro benzene ring substituents is 1. The van der Waals surface area contributed by atoms with E-state index in [4.69, 9.17) is 4.74 Å². The summed E-state index contributed by atoms with van der Waals surface area (Å²) in [5, 5.41) is 13.6. The van der Waals surface area contributed by atoms with Crippen molar-refractivity contribution in [2.24, 2.45) is 0 Å². The number of aryl methyl sites for hydroxylation is 1. The molecular weight excluding hydrogens is 336 g/mol. The Bertz CT molecular complexity index is 802. The molecule has 136 valence electrons. The molecule has 7 heteroatoms. The van der Waals surface area contributed by atoms with E-state index in [1.54, 1.807) is 6.92 Å². The highest BCUT2D eigenvalue weighted by Crippen LogP contribution is 2.20. The van der Waals surface area contributed by atoms with E-state index in [-0.39, 0.29) is 24.3 Å². The van der Waals surface area contributed by atoms with E-state index >= 15 is 0 Å². The fourth-order valence-corrected chi connectivity index (χ4v) is 2.44. The van der Waals surface area contributed by atoms with E-state index in [0.29, 0.717) is 0 Å². The van der Waals surface area contributed by atoms with Crippen LogP contribution in [0.3, 0.4) is 0 Å². The van der Waals surface area contributed by atoms with Gasteiger partial charge in [-0.05, 0) is 25.5 Å². The van der Waals surface area contributed by atoms with E-state index in [1.807, 2.05) is 31.2 Å². The molecule has 0 saturated heterocycles. The van der Waals surface area contributed by atoms with Crippen LogP contribution in [0.25, 0.3) is 0 Å². The van der Waals surface area contributed by atoms with Crippen molar-refractivity contribution in [2.75, 3.05) is 6.61 Å². The van der Waals surface area contributed by atoms with Crippen LogP contribution < -0.4 is 5.32 Å². The summed E-state index contributed by atoms with van der Waals surface area (Å²) < 4.78 is 4.98. The largest absolute Gasteiger partial charge is 0.466 e. The number of non-ortho nitro benzene ring substituents is 1. The number of carbonyl (C=O) groups excluding carboxylic acids is 2. The van der Waals surface area contributed by atoms with Crippen molar-refractivity contribution >= 4 is 17.6 Å². The number of nitro groups is 1. The predicted octanol–water partition coefficient (Wildman–Crippen LogP) is 3.33. The van der Waals surface area contributed by atoms with Gasteiger partial charge in [0.05, 0.1) is 24.0 Å². The van der Waals surface area contributed by atoms with Crippen molar-refractivity contribution in [1.29, 1.82) is 0 Å². The maximum absolute atomic E-state index is 12.5. The topological polar surface area (TPSA) is 98.5 Å². The van der Waals surface area contributed by atoms with Crippen LogP contribution in [-0.4, -0.2) is 23.4 Å². The monoisotopic (exact) mass is 356 g/mol. The molecule has 26 heavy (non-hydrogen) atoms. The van der Waals surface area contributed by atoms with Crippen molar-refractivity contribution < 1.29 is 19.2 Å². The number of hydrogen-bond donors (Lipinski definition) is 1. The van der Waals surface area contributed by atoms with Gasteiger partial charge in [-0.1, -0.05) is 35.9 Å². The number of amides is 1. The zero-order valence-corrected chi connectivity index (χ0v) is 14.6. The molecular formula is C19H20N2O5. The van der Waals surface area contributed by atoms with Gasteiger partial charge in [-0.2, -0.15) is 0 Å². The number of nitrogens with zero attached hydrogens (tertiary/aromatic N) is 1. The van der Waals surface area contributed by atoms with E-state index in [0.717, 1.165) is 11.1 Å². The van der Waals surface area contributed by atoms with Crippen LogP contribution in [0.15, 0.2) is 48.5 Å². The molecule has 2 rings (SSSR count). The quantitative estimate of drug-likeness (QED) is 0.466. The number of carbonyl (C=O) groups is 2. The summed E-state index contributed by atoms with van der Waals surface area (Å²) in [5.74, 6) is -0.930. The Morgan fingerprint density at radius 2 is 1.88 bits per heavy atom. The van der Waals surface area contributed by atoms with Crippen LogP contribution in [0.5, 0.6) is 0 Å². The highest BCUT2D eigenvalue weighted by molar-refractivity contribution is 5.95. The minimum atomic E-state index is -0.596. The molecule has 1 atom stereocenters. The molecule has 7 nitrogen and oxygen atoms in total. The van der Waals surface area contributed by atoms with E-state index in [9.17, 15) is 19.7 Å². The summed E-state index contributed by atoms with van der Waals surface area (Å²) >= 11 is 0. The van der Waals surface area contributed by atoms with Crippen molar-refractivity contribution in [3.63, 3.8) is 0 Å². The zero-order valence-electron chi connectivity index (χ0n) is 14.6. The SMILES string of the molecule is CCOC(=O)C[C@@H](NC(=O)c1cccc([N+](=O)[O-])c1)c1ccc(C)cc1. The summed E-state index contributed by atoms with van der Waals surface area (Å²) in [5.41, 5.74) is 1.78. The van der Waals surface area contributed by atoms with Crippen LogP contribution >= 0.6 is 0 Å². The summed E-state index contributed by atoms with van der Waals surface area (Å²) in [7, 11) is 0. The Morgan fingerprint density at radius 1 is 1.19 bits per heavy atom. The first-order valence-electron chi connectivity index (χ1n) is 8.18. The number of rotatable bonds is 7. The Kier molecular flexibility index (Phi) is 6.43. The fraction of sp³-hybridized carbons (Fsp3) is 0.263. The van der Waals surface area contributed by atoms with Gasteiger partial charge in [-0.15, -0.1) is 0 Å². The maximum Gasteiger partial charge on any atom is 0.308 e. The summed E-state index contributed by atoms with van der Waals surface area (Å²) in [6, 6.07) is 12.3. The number of hydrogen-bond acceptors (Lipinski definition) is 5. The lowest BCUT2D eigenvalue weighted by Gasteiger charge is -2.19. The highest BCUT2D eigenvalue weighted by Gasteiger charge is 2.21. The molecule has 0 saturated carbocycles. The second kappa shape index (κ2) is 8.75. The van der Waals surface area contributed by atoms with Gasteiger partial charge >= 0.3 is 5.97 Å². The van der Waals surface area contributed by atoms with Gasteiger partial charge in [0.15, 0.2) is 0 Å². The van der Waals surface area contributed by atoms with Gasteiger partial charge in [0, 0.05) is 17.7 Å². The molecule has 2 aromatic carbocycles. The minimum Gasteiger partial charge on any atom is -0.466 e. The molecule has 0 aliphatic rings. The first kappa shape index (κ1) is 19.1. The Labute approximate surface area is 151 Å². The second-order valence-electron chi connectivity index (χ2n) is 5.75. The zero-order chi connectivity index (χ0) is 19.1. The van der Waals surface area contributed by atoms with Gasteiger partial charge in [-0.25, -0.2) is 0 Å². The molecule has 0 fully saturated rings. The van der Waals surface area contributed by atoms with Crippen LogP contribution in [0.4, 0.5) is 5.69 Å². The molecule has 2 aromatic rings. The van der Waals surface area contributed by atoms with E-state index in [2.05, 4.69) is 5.32 Å². The fourth-order valence-electron chi connectivity index (χ4n) is 2.44.